The van der Waals surface area contributed by atoms with Gasteiger partial charge in [0.15, 0.2) is 0 Å². The molecule has 2 rings (SSSR count). The highest BCUT2D eigenvalue weighted by Gasteiger charge is 2.38. The first-order valence-corrected chi connectivity index (χ1v) is 11.7. The van der Waals surface area contributed by atoms with E-state index in [2.05, 4.69) is 0 Å². The summed E-state index contributed by atoms with van der Waals surface area (Å²) in [6, 6.07) is 3.39. The van der Waals surface area contributed by atoms with Crippen LogP contribution >= 0.6 is 0 Å². The lowest BCUT2D eigenvalue weighted by Crippen LogP contribution is -2.40. The maximum absolute atomic E-state index is 13.4. The summed E-state index contributed by atoms with van der Waals surface area (Å²) >= 11 is 0. The average molecular weight is 402 g/mol. The van der Waals surface area contributed by atoms with Gasteiger partial charge in [0.05, 0.1) is 17.8 Å². The Kier molecular flexibility index (Phi) is 6.02. The fraction of sp³-hybridized carbons (Fsp3) is 0.556. The maximum Gasteiger partial charge on any atom is 0.264 e. The lowest BCUT2D eigenvalue weighted by molar-refractivity contribution is 0.326. The van der Waals surface area contributed by atoms with Gasteiger partial charge in [-0.3, -0.25) is 4.18 Å². The molecule has 8 heteroatoms. The van der Waals surface area contributed by atoms with E-state index in [4.69, 9.17) is 4.18 Å². The number of sulfonamides is 1. The van der Waals surface area contributed by atoms with Crippen molar-refractivity contribution in [1.29, 1.82) is 0 Å². The third kappa shape index (κ3) is 4.54. The van der Waals surface area contributed by atoms with Gasteiger partial charge < -0.3 is 0 Å². The van der Waals surface area contributed by atoms with Crippen LogP contribution in [0.1, 0.15) is 30.5 Å². The molecule has 1 aliphatic rings. The van der Waals surface area contributed by atoms with Crippen LogP contribution in [0.15, 0.2) is 28.7 Å². The molecule has 1 aliphatic heterocycles. The Morgan fingerprint density at radius 2 is 1.65 bits per heavy atom. The van der Waals surface area contributed by atoms with E-state index in [1.165, 1.54) is 4.31 Å². The van der Waals surface area contributed by atoms with Crippen molar-refractivity contribution in [2.24, 2.45) is 5.92 Å². The third-order valence-electron chi connectivity index (χ3n) is 4.41. The summed E-state index contributed by atoms with van der Waals surface area (Å²) in [5, 5.41) is 0. The van der Waals surface area contributed by atoms with Gasteiger partial charge in [-0.25, -0.2) is 8.42 Å². The normalized spacial score (nSPS) is 19.2. The van der Waals surface area contributed by atoms with E-state index in [0.717, 1.165) is 11.8 Å². The van der Waals surface area contributed by atoms with E-state index in [0.29, 0.717) is 21.6 Å². The maximum atomic E-state index is 13.4. The second-order valence-corrected chi connectivity index (χ2v) is 10.8. The van der Waals surface area contributed by atoms with Crippen molar-refractivity contribution in [3.8, 4) is 0 Å². The third-order valence-corrected chi connectivity index (χ3v) is 7.11. The van der Waals surface area contributed by atoms with Gasteiger partial charge in [-0.15, -0.1) is 0 Å². The molecule has 146 valence electrons. The van der Waals surface area contributed by atoms with Crippen molar-refractivity contribution in [2.75, 3.05) is 19.4 Å². The van der Waals surface area contributed by atoms with E-state index >= 15 is 0 Å². The van der Waals surface area contributed by atoms with Gasteiger partial charge in [0, 0.05) is 12.6 Å². The van der Waals surface area contributed by atoms with Crippen LogP contribution in [0.25, 0.3) is 0 Å². The zero-order valence-corrected chi connectivity index (χ0v) is 17.7. The molecule has 0 aromatic heterocycles. The molecule has 0 fully saturated rings. The second kappa shape index (κ2) is 7.42. The minimum atomic E-state index is -3.72. The van der Waals surface area contributed by atoms with Gasteiger partial charge in [-0.1, -0.05) is 37.6 Å². The first kappa shape index (κ1) is 21.1. The predicted octanol–water partition coefficient (Wildman–Crippen LogP) is 2.54. The first-order valence-electron chi connectivity index (χ1n) is 8.46. The molecule has 0 radical (unpaired) electrons. The van der Waals surface area contributed by atoms with Crippen LogP contribution in [-0.2, 0) is 24.3 Å². The van der Waals surface area contributed by atoms with E-state index in [9.17, 15) is 16.8 Å². The molecule has 1 unspecified atom stereocenters. The summed E-state index contributed by atoms with van der Waals surface area (Å²) in [6.45, 7) is 9.43. The van der Waals surface area contributed by atoms with Gasteiger partial charge in [0.25, 0.3) is 10.1 Å². The number of hydrogen-bond acceptors (Lipinski definition) is 5. The van der Waals surface area contributed by atoms with E-state index in [-0.39, 0.29) is 25.1 Å². The van der Waals surface area contributed by atoms with Crippen molar-refractivity contribution >= 4 is 20.1 Å². The Labute approximate surface area is 157 Å². The Bertz CT molecular complexity index is 907. The van der Waals surface area contributed by atoms with Gasteiger partial charge in [-0.2, -0.15) is 12.7 Å². The van der Waals surface area contributed by atoms with Crippen LogP contribution in [0.3, 0.4) is 0 Å². The van der Waals surface area contributed by atoms with Gasteiger partial charge in [0.1, 0.15) is 0 Å². The van der Waals surface area contributed by atoms with Gasteiger partial charge in [0.2, 0.25) is 10.0 Å². The molecule has 1 aromatic carbocycles. The molecule has 0 N–H and O–H groups in total. The van der Waals surface area contributed by atoms with Crippen molar-refractivity contribution in [2.45, 2.75) is 45.6 Å². The van der Waals surface area contributed by atoms with Crippen molar-refractivity contribution in [3.63, 3.8) is 0 Å². The summed E-state index contributed by atoms with van der Waals surface area (Å²) in [4.78, 5) is 0.326. The molecule has 0 saturated carbocycles. The number of benzene rings is 1. The van der Waals surface area contributed by atoms with Crippen LogP contribution in [0.5, 0.6) is 0 Å². The largest absolute Gasteiger partial charge is 0.266 e. The Balaban J connectivity index is 2.40. The Hall–Kier alpha value is -1.22. The molecule has 0 saturated heterocycles. The topological polar surface area (TPSA) is 80.8 Å². The van der Waals surface area contributed by atoms with Crippen LogP contribution in [0.2, 0.25) is 0 Å². The lowest BCUT2D eigenvalue weighted by atomic mass is 10.1. The molecule has 0 aliphatic carbocycles. The van der Waals surface area contributed by atoms with Crippen molar-refractivity contribution in [1.82, 2.24) is 4.31 Å². The predicted molar refractivity (Wildman–Crippen MR) is 102 cm³/mol. The summed E-state index contributed by atoms with van der Waals surface area (Å²) in [5.74, 6) is 0.0477. The smallest absolute Gasteiger partial charge is 0.264 e. The van der Waals surface area contributed by atoms with Crippen molar-refractivity contribution < 1.29 is 21.0 Å². The standard InChI is InChI=1S/C18H27NO5S2/c1-12(2)17-9-16(11-24-25(6,20)21)10-19(17)26(22,23)18-14(4)7-13(3)8-15(18)5/h7-9,12,17H,10-11H2,1-6H3. The average Bonchev–Trinajstić information content (AvgIpc) is 2.88. The minimum Gasteiger partial charge on any atom is -0.266 e. The van der Waals surface area contributed by atoms with Gasteiger partial charge in [-0.05, 0) is 43.4 Å². The SMILES string of the molecule is Cc1cc(C)c(S(=O)(=O)N2CC(COS(C)(=O)=O)=CC2C(C)C)c(C)c1. The highest BCUT2D eigenvalue weighted by Crippen LogP contribution is 2.32. The molecule has 1 atom stereocenters. The number of nitrogens with zero attached hydrogens (tertiary/aromatic N) is 1. The summed E-state index contributed by atoms with van der Waals surface area (Å²) in [7, 11) is -7.30. The molecular weight excluding hydrogens is 374 g/mol. The molecule has 1 heterocycles. The number of rotatable bonds is 6. The van der Waals surface area contributed by atoms with E-state index in [1.54, 1.807) is 13.8 Å². The summed E-state index contributed by atoms with van der Waals surface area (Å²) < 4.78 is 55.6. The van der Waals surface area contributed by atoms with Crippen LogP contribution in [0.4, 0.5) is 0 Å². The fourth-order valence-corrected chi connectivity index (χ4v) is 5.91. The molecular formula is C18H27NO5S2. The highest BCUT2D eigenvalue weighted by molar-refractivity contribution is 7.89. The first-order chi connectivity index (χ1) is 11.8. The van der Waals surface area contributed by atoms with Crippen molar-refractivity contribution in [3.05, 3.63) is 40.5 Å². The van der Waals surface area contributed by atoms with E-state index < -0.39 is 20.1 Å². The fourth-order valence-electron chi connectivity index (χ4n) is 3.42. The minimum absolute atomic E-state index is 0.0477. The van der Waals surface area contributed by atoms with Crippen LogP contribution < -0.4 is 0 Å². The Morgan fingerprint density at radius 1 is 1.12 bits per heavy atom. The molecule has 0 spiro atoms. The second-order valence-electron chi connectivity index (χ2n) is 7.30. The van der Waals surface area contributed by atoms with E-state index in [1.807, 2.05) is 39.0 Å². The zero-order chi connectivity index (χ0) is 19.9. The lowest BCUT2D eigenvalue weighted by Gasteiger charge is -2.28. The van der Waals surface area contributed by atoms with Crippen LogP contribution in [-0.4, -0.2) is 46.6 Å². The molecule has 0 amide bonds. The zero-order valence-electron chi connectivity index (χ0n) is 16.1. The summed E-state index contributed by atoms with van der Waals surface area (Å²) in [6.07, 6.45) is 2.79. The number of aryl methyl sites for hydroxylation is 3. The quantitative estimate of drug-likeness (QED) is 0.540. The molecule has 26 heavy (non-hydrogen) atoms. The van der Waals surface area contributed by atoms with Crippen LogP contribution in [0, 0.1) is 26.7 Å². The van der Waals surface area contributed by atoms with Gasteiger partial charge >= 0.3 is 0 Å². The molecule has 6 nitrogen and oxygen atoms in total. The Morgan fingerprint density at radius 3 is 2.12 bits per heavy atom. The summed E-state index contributed by atoms with van der Waals surface area (Å²) in [5.41, 5.74) is 3.10. The molecule has 1 aromatic rings. The monoisotopic (exact) mass is 401 g/mol. The molecule has 0 bridgehead atoms. The number of hydrogen-bond donors (Lipinski definition) is 0. The highest BCUT2D eigenvalue weighted by atomic mass is 32.2.